The van der Waals surface area contributed by atoms with E-state index in [0.29, 0.717) is 12.8 Å². The number of hydrogen-bond donors (Lipinski definition) is 2. The maximum atomic E-state index is 11.5. The lowest BCUT2D eigenvalue weighted by atomic mass is 9.64. The smallest absolute Gasteiger partial charge is 0.320 e. The molecule has 0 aromatic rings. The molecule has 1 aliphatic rings. The third-order valence-electron chi connectivity index (χ3n) is 3.82. The highest BCUT2D eigenvalue weighted by atomic mass is 127. The molecule has 3 atom stereocenters. The highest BCUT2D eigenvalue weighted by Crippen LogP contribution is 2.50. The van der Waals surface area contributed by atoms with Gasteiger partial charge in [0.05, 0.1) is 5.41 Å². The Hall–Kier alpha value is -0.590. The monoisotopic (exact) mass is 366 g/mol. The fourth-order valence-corrected chi connectivity index (χ4v) is 3.82. The van der Waals surface area contributed by atoms with Crippen LogP contribution in [-0.4, -0.2) is 25.6 Å². The zero-order chi connectivity index (χ0) is 14.0. The molecule has 0 heterocycles. The predicted molar refractivity (Wildman–Crippen MR) is 76.9 cm³/mol. The van der Waals surface area contributed by atoms with E-state index < -0.39 is 20.8 Å². The van der Waals surface area contributed by atoms with Gasteiger partial charge in [0.15, 0.2) is 0 Å². The van der Waals surface area contributed by atoms with E-state index in [-0.39, 0.29) is 5.92 Å². The van der Waals surface area contributed by atoms with E-state index >= 15 is 0 Å². The van der Waals surface area contributed by atoms with Gasteiger partial charge in [-0.1, -0.05) is 54.5 Å². The van der Waals surface area contributed by atoms with E-state index in [9.17, 15) is 19.8 Å². The van der Waals surface area contributed by atoms with Crippen LogP contribution in [0.5, 0.6) is 0 Å². The molecule has 0 fully saturated rings. The quantitative estimate of drug-likeness (QED) is 0.446. The maximum absolute atomic E-state index is 11.5. The summed E-state index contributed by atoms with van der Waals surface area (Å²) in [5.41, 5.74) is -1.09. The van der Waals surface area contributed by atoms with Crippen LogP contribution in [-0.2, 0) is 9.59 Å². The maximum Gasteiger partial charge on any atom is 0.320 e. The van der Waals surface area contributed by atoms with Gasteiger partial charge in [0.2, 0.25) is 0 Å². The van der Waals surface area contributed by atoms with Crippen molar-refractivity contribution in [2.45, 2.75) is 43.0 Å². The summed E-state index contributed by atoms with van der Waals surface area (Å²) in [6, 6.07) is 0. The number of carboxylic acid groups (broad SMARTS) is 2. The summed E-state index contributed by atoms with van der Waals surface area (Å²) in [6.07, 6.45) is 6.15. The van der Waals surface area contributed by atoms with Crippen molar-refractivity contribution in [3.05, 3.63) is 12.2 Å². The minimum atomic E-state index is -1.09. The van der Waals surface area contributed by atoms with Gasteiger partial charge < -0.3 is 10.2 Å². The largest absolute Gasteiger partial charge is 0.481 e. The summed E-state index contributed by atoms with van der Waals surface area (Å²) < 4.78 is -1.02. The molecule has 0 aliphatic heterocycles. The van der Waals surface area contributed by atoms with Gasteiger partial charge in [-0.25, -0.2) is 0 Å². The number of hydrogen-bond acceptors (Lipinski definition) is 2. The Bertz CT molecular complexity index is 379. The molecular weight excluding hydrogens is 347 g/mol. The molecule has 1 aliphatic carbocycles. The molecule has 1 rings (SSSR count). The number of unbranched alkanes of at least 4 members (excludes halogenated alkanes) is 1. The highest BCUT2D eigenvalue weighted by Gasteiger charge is 2.55. The molecule has 0 bridgehead atoms. The third kappa shape index (κ3) is 2.55. The predicted octanol–water partition coefficient (Wildman–Crippen LogP) is 3.10. The number of rotatable bonds is 5. The van der Waals surface area contributed by atoms with Crippen LogP contribution >= 0.6 is 22.6 Å². The minimum Gasteiger partial charge on any atom is -0.481 e. The second kappa shape index (κ2) is 5.59. The van der Waals surface area contributed by atoms with E-state index in [1.807, 2.05) is 29.5 Å². The van der Waals surface area contributed by atoms with Crippen molar-refractivity contribution in [1.82, 2.24) is 0 Å². The van der Waals surface area contributed by atoms with Crippen LogP contribution in [0, 0.1) is 11.3 Å². The Kier molecular flexibility index (Phi) is 4.80. The molecule has 0 saturated heterocycles. The van der Waals surface area contributed by atoms with E-state index in [0.717, 1.165) is 12.8 Å². The number of allylic oxidation sites excluding steroid dienone is 1. The first-order valence-corrected chi connectivity index (χ1v) is 7.20. The van der Waals surface area contributed by atoms with Gasteiger partial charge in [-0.05, 0) is 19.8 Å². The van der Waals surface area contributed by atoms with Crippen LogP contribution in [0.3, 0.4) is 0 Å². The van der Waals surface area contributed by atoms with Crippen LogP contribution in [0.2, 0.25) is 0 Å². The summed E-state index contributed by atoms with van der Waals surface area (Å²) in [5.74, 6) is -2.24. The van der Waals surface area contributed by atoms with E-state index in [2.05, 4.69) is 0 Å². The van der Waals surface area contributed by atoms with Crippen molar-refractivity contribution >= 4 is 34.5 Å². The molecule has 0 aromatic carbocycles. The molecule has 0 radical (unpaired) electrons. The van der Waals surface area contributed by atoms with Crippen molar-refractivity contribution in [2.75, 3.05) is 0 Å². The van der Waals surface area contributed by atoms with Crippen molar-refractivity contribution < 1.29 is 19.8 Å². The Morgan fingerprint density at radius 1 is 1.39 bits per heavy atom. The van der Waals surface area contributed by atoms with Gasteiger partial charge in [0.25, 0.3) is 0 Å². The number of halogens is 1. The lowest BCUT2D eigenvalue weighted by Crippen LogP contribution is -2.52. The summed E-state index contributed by atoms with van der Waals surface area (Å²) in [6.45, 7) is 3.65. The number of alkyl halides is 1. The topological polar surface area (TPSA) is 74.6 Å². The second-order valence-electron chi connectivity index (χ2n) is 5.06. The van der Waals surface area contributed by atoms with Crippen molar-refractivity contribution in [3.8, 4) is 0 Å². The standard InChI is InChI=1S/C13H19IO4/c1-3-4-6-9-12(2,10(15)16)7-5-8-13(9,14)11(17)18/h5,7,9H,3-4,6,8H2,1-2H3,(H,15,16)(H,17,18). The summed E-state index contributed by atoms with van der Waals surface area (Å²) in [4.78, 5) is 23.0. The molecule has 0 spiro atoms. The lowest BCUT2D eigenvalue weighted by Gasteiger charge is -2.43. The molecule has 102 valence electrons. The van der Waals surface area contributed by atoms with Gasteiger partial charge in [0, 0.05) is 5.92 Å². The Labute approximate surface area is 121 Å². The fraction of sp³-hybridized carbons (Fsp3) is 0.692. The van der Waals surface area contributed by atoms with E-state index in [1.165, 1.54) is 0 Å². The van der Waals surface area contributed by atoms with Crippen molar-refractivity contribution in [2.24, 2.45) is 11.3 Å². The van der Waals surface area contributed by atoms with E-state index in [1.54, 1.807) is 19.1 Å². The van der Waals surface area contributed by atoms with Crippen molar-refractivity contribution in [1.29, 1.82) is 0 Å². The van der Waals surface area contributed by atoms with Crippen LogP contribution in [0.15, 0.2) is 12.2 Å². The Balaban J connectivity index is 3.20. The Morgan fingerprint density at radius 3 is 2.44 bits per heavy atom. The average Bonchev–Trinajstić information content (AvgIpc) is 2.28. The van der Waals surface area contributed by atoms with Crippen LogP contribution < -0.4 is 0 Å². The molecule has 2 N–H and O–H groups in total. The zero-order valence-electron chi connectivity index (χ0n) is 10.6. The van der Waals surface area contributed by atoms with Gasteiger partial charge >= 0.3 is 11.9 Å². The minimum absolute atomic E-state index is 0.384. The highest BCUT2D eigenvalue weighted by molar-refractivity contribution is 14.1. The molecule has 0 saturated carbocycles. The van der Waals surface area contributed by atoms with Crippen molar-refractivity contribution in [3.63, 3.8) is 0 Å². The zero-order valence-corrected chi connectivity index (χ0v) is 12.8. The van der Waals surface area contributed by atoms with Gasteiger partial charge in [0.1, 0.15) is 3.42 Å². The van der Waals surface area contributed by atoms with Crippen LogP contribution in [0.1, 0.15) is 39.5 Å². The molecule has 5 heteroatoms. The van der Waals surface area contributed by atoms with Gasteiger partial charge in [-0.2, -0.15) is 0 Å². The summed E-state index contributed by atoms with van der Waals surface area (Å²) >= 11 is 1.93. The molecular formula is C13H19IO4. The summed E-state index contributed by atoms with van der Waals surface area (Å²) in [5, 5.41) is 18.9. The molecule has 0 amide bonds. The van der Waals surface area contributed by atoms with Gasteiger partial charge in [-0.3, -0.25) is 9.59 Å². The average molecular weight is 366 g/mol. The van der Waals surface area contributed by atoms with Crippen LogP contribution in [0.4, 0.5) is 0 Å². The fourth-order valence-electron chi connectivity index (χ4n) is 2.60. The SMILES string of the molecule is CCCCC1C(C)(C(=O)O)C=CCC1(I)C(=O)O. The van der Waals surface area contributed by atoms with Crippen LogP contribution in [0.25, 0.3) is 0 Å². The third-order valence-corrected chi connectivity index (χ3v) is 5.47. The number of carbonyl (C=O) groups is 2. The van der Waals surface area contributed by atoms with Gasteiger partial charge in [-0.15, -0.1) is 0 Å². The first kappa shape index (κ1) is 15.5. The number of aliphatic carboxylic acids is 2. The normalized spacial score (nSPS) is 35.4. The second-order valence-corrected chi connectivity index (χ2v) is 6.98. The molecule has 0 aromatic heterocycles. The lowest BCUT2D eigenvalue weighted by molar-refractivity contribution is -0.152. The summed E-state index contributed by atoms with van der Waals surface area (Å²) in [7, 11) is 0. The Morgan fingerprint density at radius 2 is 2.00 bits per heavy atom. The van der Waals surface area contributed by atoms with E-state index in [4.69, 9.17) is 0 Å². The molecule has 18 heavy (non-hydrogen) atoms. The molecule has 3 unspecified atom stereocenters. The molecule has 4 nitrogen and oxygen atoms in total. The first-order chi connectivity index (χ1) is 8.29. The first-order valence-electron chi connectivity index (χ1n) is 6.12. The number of carboxylic acids is 2.